The first-order chi connectivity index (χ1) is 9.08. The molecule has 0 radical (unpaired) electrons. The number of aliphatic hydroxyl groups excluding tert-OH is 1. The summed E-state index contributed by atoms with van der Waals surface area (Å²) in [5.74, 6) is -0.506. The fraction of sp³-hybridized carbons (Fsp3) is 0.462. The lowest BCUT2D eigenvalue weighted by molar-refractivity contribution is 0.0509. The molecule has 0 saturated heterocycles. The van der Waals surface area contributed by atoms with Crippen LogP contribution in [0.25, 0.3) is 0 Å². The summed E-state index contributed by atoms with van der Waals surface area (Å²) in [4.78, 5) is 12.9. The lowest BCUT2D eigenvalue weighted by Crippen LogP contribution is -2.37. The van der Waals surface area contributed by atoms with Crippen molar-refractivity contribution in [3.8, 4) is 0 Å². The largest absolute Gasteiger partial charge is 0.395 e. The summed E-state index contributed by atoms with van der Waals surface area (Å²) in [6.07, 6.45) is -1.92. The second-order valence-corrected chi connectivity index (χ2v) is 4.10. The van der Waals surface area contributed by atoms with Crippen LogP contribution in [-0.2, 0) is 6.42 Å². The molecule has 0 fully saturated rings. The van der Waals surface area contributed by atoms with Crippen LogP contribution in [0.1, 0.15) is 15.9 Å². The molecule has 0 saturated carbocycles. The van der Waals surface area contributed by atoms with E-state index in [1.807, 2.05) is 0 Å². The van der Waals surface area contributed by atoms with E-state index in [0.717, 1.165) is 10.5 Å². The lowest BCUT2D eigenvalue weighted by atomic mass is 10.1. The van der Waals surface area contributed by atoms with E-state index in [4.69, 9.17) is 10.8 Å². The number of carbonyl (C=O) groups excluding carboxylic acids is 1. The Balaban J connectivity index is 2.77. The zero-order valence-electron chi connectivity index (χ0n) is 10.6. The minimum absolute atomic E-state index is 0.103. The van der Waals surface area contributed by atoms with Crippen molar-refractivity contribution in [2.75, 3.05) is 26.2 Å². The van der Waals surface area contributed by atoms with Crippen LogP contribution in [0.4, 0.5) is 8.78 Å². The molecular weight excluding hydrogens is 254 g/mol. The Kier molecular flexibility index (Phi) is 6.38. The van der Waals surface area contributed by atoms with Gasteiger partial charge in [-0.1, -0.05) is 12.1 Å². The summed E-state index contributed by atoms with van der Waals surface area (Å²) in [6.45, 7) is -0.614. The monoisotopic (exact) mass is 272 g/mol. The number of hydrogen-bond acceptors (Lipinski definition) is 3. The van der Waals surface area contributed by atoms with Gasteiger partial charge in [0.2, 0.25) is 0 Å². The molecule has 0 aromatic heterocycles. The number of carbonyl (C=O) groups is 1. The Morgan fingerprint density at radius 3 is 2.42 bits per heavy atom. The molecule has 1 aromatic rings. The third kappa shape index (κ3) is 4.92. The molecule has 4 nitrogen and oxygen atoms in total. The summed E-state index contributed by atoms with van der Waals surface area (Å²) in [6, 6.07) is 6.67. The number of rotatable bonds is 7. The molecular formula is C13H18F2N2O2. The zero-order chi connectivity index (χ0) is 14.3. The Morgan fingerprint density at radius 2 is 1.95 bits per heavy atom. The van der Waals surface area contributed by atoms with Crippen LogP contribution < -0.4 is 5.73 Å². The molecule has 0 atom stereocenters. The highest BCUT2D eigenvalue weighted by atomic mass is 19.3. The number of benzene rings is 1. The molecule has 0 aliphatic heterocycles. The smallest absolute Gasteiger partial charge is 0.255 e. The van der Waals surface area contributed by atoms with Gasteiger partial charge in [0.05, 0.1) is 13.2 Å². The van der Waals surface area contributed by atoms with E-state index in [0.29, 0.717) is 18.5 Å². The minimum Gasteiger partial charge on any atom is -0.395 e. The molecule has 1 rings (SSSR count). The number of aliphatic hydroxyl groups is 1. The number of nitrogens with two attached hydrogens (primary N) is 1. The molecule has 1 amide bonds. The molecule has 0 aliphatic carbocycles. The van der Waals surface area contributed by atoms with Crippen molar-refractivity contribution in [1.29, 1.82) is 0 Å². The number of alkyl halides is 2. The van der Waals surface area contributed by atoms with Crippen molar-refractivity contribution < 1.29 is 18.7 Å². The van der Waals surface area contributed by atoms with Crippen molar-refractivity contribution in [2.24, 2.45) is 5.73 Å². The number of halogens is 2. The second-order valence-electron chi connectivity index (χ2n) is 4.10. The quantitative estimate of drug-likeness (QED) is 0.774. The normalized spacial score (nSPS) is 10.8. The third-order valence-electron chi connectivity index (χ3n) is 2.65. The van der Waals surface area contributed by atoms with Crippen molar-refractivity contribution in [2.45, 2.75) is 12.8 Å². The topological polar surface area (TPSA) is 66.6 Å². The maximum atomic E-state index is 12.4. The van der Waals surface area contributed by atoms with Crippen LogP contribution in [-0.4, -0.2) is 48.6 Å². The molecule has 0 aliphatic rings. The van der Waals surface area contributed by atoms with Gasteiger partial charge >= 0.3 is 0 Å². The molecule has 6 heteroatoms. The first-order valence-electron chi connectivity index (χ1n) is 6.05. The first-order valence-corrected chi connectivity index (χ1v) is 6.05. The van der Waals surface area contributed by atoms with Crippen LogP contribution in [0.3, 0.4) is 0 Å². The Hall–Kier alpha value is -1.53. The van der Waals surface area contributed by atoms with E-state index < -0.39 is 18.9 Å². The van der Waals surface area contributed by atoms with Crippen LogP contribution in [0.15, 0.2) is 24.3 Å². The molecule has 1 aromatic carbocycles. The molecule has 0 unspecified atom stereocenters. The summed E-state index contributed by atoms with van der Waals surface area (Å²) < 4.78 is 24.7. The van der Waals surface area contributed by atoms with Crippen LogP contribution in [0.2, 0.25) is 0 Å². The fourth-order valence-electron chi connectivity index (χ4n) is 1.73. The SMILES string of the molecule is NCCc1ccc(C(=O)N(CCO)CC(F)F)cc1. The highest BCUT2D eigenvalue weighted by molar-refractivity contribution is 5.94. The van der Waals surface area contributed by atoms with Gasteiger partial charge in [0, 0.05) is 12.1 Å². The van der Waals surface area contributed by atoms with E-state index in [9.17, 15) is 13.6 Å². The third-order valence-corrected chi connectivity index (χ3v) is 2.65. The summed E-state index contributed by atoms with van der Waals surface area (Å²) in [5, 5.41) is 8.81. The summed E-state index contributed by atoms with van der Waals surface area (Å²) >= 11 is 0. The van der Waals surface area contributed by atoms with E-state index in [1.54, 1.807) is 24.3 Å². The standard InChI is InChI=1S/C13H18F2N2O2/c14-12(15)9-17(7-8-18)13(19)11-3-1-10(2-4-11)5-6-16/h1-4,12,18H,5-9,16H2. The van der Waals surface area contributed by atoms with Crippen LogP contribution in [0.5, 0.6) is 0 Å². The Bertz CT molecular complexity index is 396. The Labute approximate surface area is 110 Å². The van der Waals surface area contributed by atoms with Gasteiger partial charge in [-0.05, 0) is 30.7 Å². The zero-order valence-corrected chi connectivity index (χ0v) is 10.6. The molecule has 106 valence electrons. The van der Waals surface area contributed by atoms with E-state index in [-0.39, 0.29) is 13.2 Å². The van der Waals surface area contributed by atoms with E-state index >= 15 is 0 Å². The van der Waals surface area contributed by atoms with Gasteiger partial charge in [0.15, 0.2) is 0 Å². The fourth-order valence-corrected chi connectivity index (χ4v) is 1.73. The highest BCUT2D eigenvalue weighted by Crippen LogP contribution is 2.09. The first kappa shape index (κ1) is 15.5. The van der Waals surface area contributed by atoms with Gasteiger partial charge in [-0.15, -0.1) is 0 Å². The molecule has 3 N–H and O–H groups in total. The molecule has 0 heterocycles. The van der Waals surface area contributed by atoms with Crippen molar-refractivity contribution in [3.63, 3.8) is 0 Å². The summed E-state index contributed by atoms with van der Waals surface area (Å²) in [5.41, 5.74) is 6.73. The maximum absolute atomic E-state index is 12.4. The van der Waals surface area contributed by atoms with Gasteiger partial charge in [-0.25, -0.2) is 8.78 Å². The van der Waals surface area contributed by atoms with Gasteiger partial charge < -0.3 is 15.7 Å². The predicted molar refractivity (Wildman–Crippen MR) is 68.2 cm³/mol. The second kappa shape index (κ2) is 7.81. The van der Waals surface area contributed by atoms with Gasteiger partial charge in [-0.3, -0.25) is 4.79 Å². The molecule has 0 spiro atoms. The lowest BCUT2D eigenvalue weighted by Gasteiger charge is -2.21. The Morgan fingerprint density at radius 1 is 1.32 bits per heavy atom. The van der Waals surface area contributed by atoms with Gasteiger partial charge in [-0.2, -0.15) is 0 Å². The van der Waals surface area contributed by atoms with Crippen molar-refractivity contribution in [3.05, 3.63) is 35.4 Å². The van der Waals surface area contributed by atoms with E-state index in [1.165, 1.54) is 0 Å². The number of nitrogens with zero attached hydrogens (tertiary/aromatic N) is 1. The molecule has 0 bridgehead atoms. The van der Waals surface area contributed by atoms with Crippen LogP contribution in [0, 0.1) is 0 Å². The van der Waals surface area contributed by atoms with Gasteiger partial charge in [0.1, 0.15) is 0 Å². The van der Waals surface area contributed by atoms with Crippen molar-refractivity contribution in [1.82, 2.24) is 4.90 Å². The molecule has 19 heavy (non-hydrogen) atoms. The summed E-state index contributed by atoms with van der Waals surface area (Å²) in [7, 11) is 0. The average Bonchev–Trinajstić information content (AvgIpc) is 2.38. The van der Waals surface area contributed by atoms with Crippen molar-refractivity contribution >= 4 is 5.91 Å². The van der Waals surface area contributed by atoms with Gasteiger partial charge in [0.25, 0.3) is 12.3 Å². The number of hydrogen-bond donors (Lipinski definition) is 2. The average molecular weight is 272 g/mol. The highest BCUT2D eigenvalue weighted by Gasteiger charge is 2.19. The van der Waals surface area contributed by atoms with Crippen LogP contribution >= 0.6 is 0 Å². The minimum atomic E-state index is -2.62. The predicted octanol–water partition coefficient (Wildman–Crippen LogP) is 0.887. The maximum Gasteiger partial charge on any atom is 0.255 e. The van der Waals surface area contributed by atoms with E-state index in [2.05, 4.69) is 0 Å². The number of amides is 1.